The summed E-state index contributed by atoms with van der Waals surface area (Å²) in [7, 11) is 0. The van der Waals surface area contributed by atoms with Gasteiger partial charge in [0.1, 0.15) is 4.88 Å². The van der Waals surface area contributed by atoms with Crippen LogP contribution in [0.2, 0.25) is 0 Å². The van der Waals surface area contributed by atoms with Crippen molar-refractivity contribution < 1.29 is 9.90 Å². The van der Waals surface area contributed by atoms with E-state index < -0.39 is 5.97 Å². The molecule has 0 saturated carbocycles. The number of anilines is 1. The van der Waals surface area contributed by atoms with Gasteiger partial charge in [-0.15, -0.1) is 0 Å². The molecule has 0 unspecified atom stereocenters. The molecule has 6 nitrogen and oxygen atoms in total. The molecule has 0 radical (unpaired) electrons. The molecule has 0 bridgehead atoms. The summed E-state index contributed by atoms with van der Waals surface area (Å²) in [6.07, 6.45) is 4.69. The third-order valence-corrected chi connectivity index (χ3v) is 2.91. The molecule has 0 saturated heterocycles. The Morgan fingerprint density at radius 1 is 1.35 bits per heavy atom. The molecule has 2 aromatic rings. The molecule has 0 atom stereocenters. The second kappa shape index (κ2) is 4.88. The van der Waals surface area contributed by atoms with Crippen molar-refractivity contribution in [1.82, 2.24) is 15.0 Å². The lowest BCUT2D eigenvalue weighted by molar-refractivity contribution is 0.0702. The van der Waals surface area contributed by atoms with Crippen molar-refractivity contribution >= 4 is 22.4 Å². The van der Waals surface area contributed by atoms with Gasteiger partial charge < -0.3 is 10.4 Å². The van der Waals surface area contributed by atoms with Crippen molar-refractivity contribution in [2.75, 3.05) is 5.32 Å². The molecule has 7 heteroatoms. The molecule has 2 heterocycles. The molecule has 0 aromatic carbocycles. The highest BCUT2D eigenvalue weighted by atomic mass is 32.1. The van der Waals surface area contributed by atoms with E-state index in [4.69, 9.17) is 5.11 Å². The molecule has 0 amide bonds. The van der Waals surface area contributed by atoms with Gasteiger partial charge in [0.05, 0.1) is 30.3 Å². The number of nitrogens with zero attached hydrogens (tertiary/aromatic N) is 3. The van der Waals surface area contributed by atoms with Crippen molar-refractivity contribution in [2.24, 2.45) is 0 Å². The fourth-order valence-corrected chi connectivity index (χ4v) is 1.78. The van der Waals surface area contributed by atoms with Crippen molar-refractivity contribution in [3.8, 4) is 0 Å². The second-order valence-electron chi connectivity index (χ2n) is 3.34. The second-order valence-corrected chi connectivity index (χ2v) is 4.37. The molecule has 88 valence electrons. The Kier molecular flexibility index (Phi) is 3.29. The summed E-state index contributed by atoms with van der Waals surface area (Å²) in [5.74, 6) is -0.967. The van der Waals surface area contributed by atoms with E-state index in [2.05, 4.69) is 20.3 Å². The van der Waals surface area contributed by atoms with E-state index in [-0.39, 0.29) is 4.88 Å². The van der Waals surface area contributed by atoms with Crippen LogP contribution in [-0.4, -0.2) is 26.0 Å². The maximum atomic E-state index is 10.6. The summed E-state index contributed by atoms with van der Waals surface area (Å²) in [4.78, 5) is 23.1. The minimum Gasteiger partial charge on any atom is -0.477 e. The van der Waals surface area contributed by atoms with E-state index in [1.165, 1.54) is 6.20 Å². The lowest BCUT2D eigenvalue weighted by atomic mass is 10.4. The van der Waals surface area contributed by atoms with Gasteiger partial charge in [-0.1, -0.05) is 11.3 Å². The molecule has 17 heavy (non-hydrogen) atoms. The Morgan fingerprint density at radius 2 is 2.18 bits per heavy atom. The van der Waals surface area contributed by atoms with Crippen LogP contribution in [0.3, 0.4) is 0 Å². The number of carboxylic acids is 1. The van der Waals surface area contributed by atoms with E-state index in [1.54, 1.807) is 12.4 Å². The summed E-state index contributed by atoms with van der Waals surface area (Å²) in [5.41, 5.74) is 1.64. The van der Waals surface area contributed by atoms with Crippen LogP contribution in [0.5, 0.6) is 0 Å². The fraction of sp³-hybridized carbons (Fsp3) is 0.200. The zero-order chi connectivity index (χ0) is 12.3. The average Bonchev–Trinajstić information content (AvgIpc) is 2.77. The van der Waals surface area contributed by atoms with Crippen LogP contribution in [0.15, 0.2) is 18.6 Å². The van der Waals surface area contributed by atoms with Gasteiger partial charge in [0.25, 0.3) is 0 Å². The van der Waals surface area contributed by atoms with Gasteiger partial charge >= 0.3 is 5.97 Å². The summed E-state index contributed by atoms with van der Waals surface area (Å²) in [6, 6.07) is 0. The SMILES string of the molecule is Cc1cnc(CNc2ncc(C(=O)O)s2)cn1. The Labute approximate surface area is 101 Å². The smallest absolute Gasteiger partial charge is 0.347 e. The summed E-state index contributed by atoms with van der Waals surface area (Å²) < 4.78 is 0. The molecule has 0 aliphatic carbocycles. The molecule has 0 fully saturated rings. The summed E-state index contributed by atoms with van der Waals surface area (Å²) in [6.45, 7) is 2.34. The van der Waals surface area contributed by atoms with Crippen LogP contribution in [0, 0.1) is 6.92 Å². The Balaban J connectivity index is 1.97. The number of hydrogen-bond donors (Lipinski definition) is 2. The van der Waals surface area contributed by atoms with Crippen LogP contribution in [0.4, 0.5) is 5.13 Å². The number of nitrogens with one attached hydrogen (secondary N) is 1. The number of aromatic nitrogens is 3. The lowest BCUT2D eigenvalue weighted by Gasteiger charge is -2.01. The first-order valence-electron chi connectivity index (χ1n) is 4.85. The van der Waals surface area contributed by atoms with E-state index >= 15 is 0 Å². The number of thiazole rings is 1. The predicted octanol–water partition coefficient (Wildman–Crippen LogP) is 1.55. The van der Waals surface area contributed by atoms with E-state index in [0.717, 1.165) is 22.7 Å². The molecule has 2 aromatic heterocycles. The van der Waals surface area contributed by atoms with E-state index in [0.29, 0.717) is 11.7 Å². The molecule has 2 rings (SSSR count). The van der Waals surface area contributed by atoms with E-state index in [9.17, 15) is 4.79 Å². The first-order chi connectivity index (χ1) is 8.15. The van der Waals surface area contributed by atoms with Crippen molar-refractivity contribution in [3.63, 3.8) is 0 Å². The third-order valence-electron chi connectivity index (χ3n) is 1.97. The van der Waals surface area contributed by atoms with Gasteiger partial charge in [-0.05, 0) is 6.92 Å². The van der Waals surface area contributed by atoms with Gasteiger partial charge in [0, 0.05) is 6.20 Å². The zero-order valence-corrected chi connectivity index (χ0v) is 9.86. The minimum atomic E-state index is -0.967. The Bertz CT molecular complexity index is 523. The summed E-state index contributed by atoms with van der Waals surface area (Å²) in [5, 5.41) is 12.3. The summed E-state index contributed by atoms with van der Waals surface area (Å²) >= 11 is 1.09. The van der Waals surface area contributed by atoms with Crippen molar-refractivity contribution in [3.05, 3.63) is 34.9 Å². The van der Waals surface area contributed by atoms with Crippen LogP contribution >= 0.6 is 11.3 Å². The highest BCUT2D eigenvalue weighted by molar-refractivity contribution is 7.17. The lowest BCUT2D eigenvalue weighted by Crippen LogP contribution is -2.02. The topological polar surface area (TPSA) is 88.0 Å². The normalized spacial score (nSPS) is 10.2. The first kappa shape index (κ1) is 11.5. The van der Waals surface area contributed by atoms with Gasteiger partial charge in [-0.3, -0.25) is 9.97 Å². The van der Waals surface area contributed by atoms with Crippen molar-refractivity contribution in [2.45, 2.75) is 13.5 Å². The van der Waals surface area contributed by atoms with Gasteiger partial charge in [-0.2, -0.15) is 0 Å². The van der Waals surface area contributed by atoms with Gasteiger partial charge in [0.15, 0.2) is 5.13 Å². The zero-order valence-electron chi connectivity index (χ0n) is 9.04. The third kappa shape index (κ3) is 2.97. The highest BCUT2D eigenvalue weighted by Gasteiger charge is 2.08. The quantitative estimate of drug-likeness (QED) is 0.856. The molecular weight excluding hydrogens is 240 g/mol. The number of carbonyl (C=O) groups is 1. The number of aryl methyl sites for hydroxylation is 1. The Hall–Kier alpha value is -2.02. The van der Waals surface area contributed by atoms with Crippen LogP contribution in [-0.2, 0) is 6.54 Å². The molecule has 0 spiro atoms. The van der Waals surface area contributed by atoms with E-state index in [1.807, 2.05) is 6.92 Å². The predicted molar refractivity (Wildman–Crippen MR) is 63.2 cm³/mol. The standard InChI is InChI=1S/C10H10N4O2S/c1-6-2-12-7(3-11-6)4-13-10-14-5-8(17-10)9(15)16/h2-3,5H,4H2,1H3,(H,13,14)(H,15,16). The van der Waals surface area contributed by atoms with Gasteiger partial charge in [-0.25, -0.2) is 9.78 Å². The average molecular weight is 250 g/mol. The Morgan fingerprint density at radius 3 is 2.76 bits per heavy atom. The highest BCUT2D eigenvalue weighted by Crippen LogP contribution is 2.18. The largest absolute Gasteiger partial charge is 0.477 e. The maximum absolute atomic E-state index is 10.6. The molecular formula is C10H10N4O2S. The number of hydrogen-bond acceptors (Lipinski definition) is 6. The van der Waals surface area contributed by atoms with Crippen LogP contribution in [0.25, 0.3) is 0 Å². The number of rotatable bonds is 4. The monoisotopic (exact) mass is 250 g/mol. The number of carboxylic acid groups (broad SMARTS) is 1. The van der Waals surface area contributed by atoms with Crippen LogP contribution < -0.4 is 5.32 Å². The number of aromatic carboxylic acids is 1. The molecule has 2 N–H and O–H groups in total. The van der Waals surface area contributed by atoms with Crippen molar-refractivity contribution in [1.29, 1.82) is 0 Å². The first-order valence-corrected chi connectivity index (χ1v) is 5.67. The fourth-order valence-electron chi connectivity index (χ4n) is 1.13. The molecule has 0 aliphatic heterocycles. The maximum Gasteiger partial charge on any atom is 0.347 e. The van der Waals surface area contributed by atoms with Gasteiger partial charge in [0.2, 0.25) is 0 Å². The molecule has 0 aliphatic rings. The van der Waals surface area contributed by atoms with Crippen LogP contribution in [0.1, 0.15) is 21.1 Å². The minimum absolute atomic E-state index is 0.211.